The van der Waals surface area contributed by atoms with Gasteiger partial charge in [0.05, 0.1) is 22.3 Å². The second-order valence-electron chi connectivity index (χ2n) is 4.35. The molecule has 0 atom stereocenters. The van der Waals surface area contributed by atoms with E-state index in [1.54, 1.807) is 0 Å². The minimum Gasteiger partial charge on any atom is -0.349 e. The van der Waals surface area contributed by atoms with Crippen LogP contribution in [0.4, 0.5) is 0 Å². The maximum absolute atomic E-state index is 12.2. The molecule has 0 spiro atoms. The van der Waals surface area contributed by atoms with Crippen LogP contribution < -0.4 is 5.73 Å². The van der Waals surface area contributed by atoms with Crippen LogP contribution in [0.3, 0.4) is 0 Å². The monoisotopic (exact) mass is 289 g/mol. The van der Waals surface area contributed by atoms with Gasteiger partial charge in [0.15, 0.2) is 9.84 Å². The van der Waals surface area contributed by atoms with Crippen LogP contribution in [0.1, 0.15) is 11.3 Å². The van der Waals surface area contributed by atoms with Crippen molar-refractivity contribution in [1.82, 2.24) is 4.57 Å². The number of hydrogen-bond donors (Lipinski definition) is 1. The van der Waals surface area contributed by atoms with Gasteiger partial charge in [-0.25, -0.2) is 8.42 Å². The summed E-state index contributed by atoms with van der Waals surface area (Å²) in [6.07, 6.45) is 1.82. The summed E-state index contributed by atoms with van der Waals surface area (Å²) in [5, 5.41) is 8.70. The maximum atomic E-state index is 12.2. The van der Waals surface area contributed by atoms with Gasteiger partial charge in [0.1, 0.15) is 0 Å². The van der Waals surface area contributed by atoms with Gasteiger partial charge in [0, 0.05) is 25.0 Å². The number of hydrogen-bond acceptors (Lipinski definition) is 4. The topological polar surface area (TPSA) is 88.9 Å². The number of aryl methyl sites for hydroxylation is 1. The van der Waals surface area contributed by atoms with E-state index in [1.807, 2.05) is 29.0 Å². The molecular weight excluding hydrogens is 274 g/mol. The highest BCUT2D eigenvalue weighted by Gasteiger charge is 2.14. The van der Waals surface area contributed by atoms with E-state index in [0.29, 0.717) is 18.7 Å². The van der Waals surface area contributed by atoms with Crippen molar-refractivity contribution in [2.45, 2.75) is 18.0 Å². The summed E-state index contributed by atoms with van der Waals surface area (Å²) >= 11 is 0. The first-order valence-electron chi connectivity index (χ1n) is 6.14. The molecule has 1 aromatic carbocycles. The van der Waals surface area contributed by atoms with Crippen molar-refractivity contribution in [1.29, 1.82) is 5.26 Å². The fourth-order valence-corrected chi connectivity index (χ4v) is 3.15. The lowest BCUT2D eigenvalue weighted by molar-refractivity contribution is 0.587. The SMILES string of the molecule is N#Cc1ccc(S(=O)(=O)CCn2cccc2CN)cc1. The molecule has 0 aliphatic heterocycles. The van der Waals surface area contributed by atoms with Crippen LogP contribution in [0, 0.1) is 11.3 Å². The van der Waals surface area contributed by atoms with Gasteiger partial charge in [-0.15, -0.1) is 0 Å². The molecule has 5 nitrogen and oxygen atoms in total. The first-order valence-corrected chi connectivity index (χ1v) is 7.79. The van der Waals surface area contributed by atoms with E-state index in [2.05, 4.69) is 0 Å². The van der Waals surface area contributed by atoms with Crippen LogP contribution in [0.5, 0.6) is 0 Å². The van der Waals surface area contributed by atoms with Crippen LogP contribution in [-0.2, 0) is 22.9 Å². The summed E-state index contributed by atoms with van der Waals surface area (Å²) < 4.78 is 26.2. The van der Waals surface area contributed by atoms with Crippen molar-refractivity contribution in [3.05, 3.63) is 53.9 Å². The molecule has 0 radical (unpaired) electrons. The van der Waals surface area contributed by atoms with E-state index in [9.17, 15) is 8.42 Å². The van der Waals surface area contributed by atoms with Gasteiger partial charge in [-0.05, 0) is 36.4 Å². The predicted molar refractivity (Wildman–Crippen MR) is 75.5 cm³/mol. The van der Waals surface area contributed by atoms with Crippen LogP contribution in [0.25, 0.3) is 0 Å². The van der Waals surface area contributed by atoms with Crippen molar-refractivity contribution in [3.63, 3.8) is 0 Å². The Hall–Kier alpha value is -2.10. The normalized spacial score (nSPS) is 11.2. The summed E-state index contributed by atoms with van der Waals surface area (Å²) in [6, 6.07) is 11.6. The van der Waals surface area contributed by atoms with Gasteiger partial charge in [-0.1, -0.05) is 0 Å². The minimum absolute atomic E-state index is 0.000576. The zero-order valence-electron chi connectivity index (χ0n) is 10.9. The summed E-state index contributed by atoms with van der Waals surface area (Å²) in [4.78, 5) is 0.234. The van der Waals surface area contributed by atoms with E-state index in [4.69, 9.17) is 11.0 Å². The van der Waals surface area contributed by atoms with E-state index in [-0.39, 0.29) is 10.6 Å². The zero-order chi connectivity index (χ0) is 14.6. The number of nitrogens with two attached hydrogens (primary N) is 1. The van der Waals surface area contributed by atoms with Gasteiger partial charge in [-0.3, -0.25) is 0 Å². The third-order valence-corrected chi connectivity index (χ3v) is 4.79. The van der Waals surface area contributed by atoms with Crippen LogP contribution in [0.2, 0.25) is 0 Å². The van der Waals surface area contributed by atoms with E-state index >= 15 is 0 Å². The van der Waals surface area contributed by atoms with E-state index in [1.165, 1.54) is 24.3 Å². The summed E-state index contributed by atoms with van der Waals surface area (Å²) in [5.74, 6) is 0.000576. The summed E-state index contributed by atoms with van der Waals surface area (Å²) in [5.41, 5.74) is 6.92. The molecule has 2 rings (SSSR count). The van der Waals surface area contributed by atoms with Crippen LogP contribution >= 0.6 is 0 Å². The van der Waals surface area contributed by atoms with Crippen LogP contribution in [0.15, 0.2) is 47.5 Å². The molecule has 6 heteroatoms. The number of sulfone groups is 1. The molecule has 0 amide bonds. The van der Waals surface area contributed by atoms with Crippen molar-refractivity contribution in [3.8, 4) is 6.07 Å². The van der Waals surface area contributed by atoms with Gasteiger partial charge in [0.2, 0.25) is 0 Å². The summed E-state index contributed by atoms with van der Waals surface area (Å²) in [6.45, 7) is 0.742. The Labute approximate surface area is 118 Å². The average molecular weight is 289 g/mol. The Kier molecular flexibility index (Phi) is 4.23. The third-order valence-electron chi connectivity index (χ3n) is 3.08. The van der Waals surface area contributed by atoms with Gasteiger partial charge in [-0.2, -0.15) is 5.26 Å². The Bertz CT molecular complexity index is 725. The molecule has 0 fully saturated rings. The molecule has 0 aliphatic rings. The van der Waals surface area contributed by atoms with Gasteiger partial charge in [0.25, 0.3) is 0 Å². The largest absolute Gasteiger partial charge is 0.349 e. The second kappa shape index (κ2) is 5.90. The van der Waals surface area contributed by atoms with E-state index < -0.39 is 9.84 Å². The molecule has 1 aromatic heterocycles. The molecule has 0 saturated carbocycles. The number of rotatable bonds is 5. The zero-order valence-corrected chi connectivity index (χ0v) is 11.7. The average Bonchev–Trinajstić information content (AvgIpc) is 2.93. The number of nitriles is 1. The molecule has 0 saturated heterocycles. The fraction of sp³-hybridized carbons (Fsp3) is 0.214. The lowest BCUT2D eigenvalue weighted by Gasteiger charge is -2.08. The predicted octanol–water partition coefficient (Wildman–Crippen LogP) is 1.29. The molecular formula is C14H15N3O2S. The lowest BCUT2D eigenvalue weighted by Crippen LogP contribution is -2.15. The number of benzene rings is 1. The van der Waals surface area contributed by atoms with Gasteiger partial charge < -0.3 is 10.3 Å². The standard InChI is InChI=1S/C14H15N3O2S/c15-10-12-3-5-14(6-4-12)20(18,19)9-8-17-7-1-2-13(17)11-16/h1-7H,8-9,11,16H2. The van der Waals surface area contributed by atoms with Gasteiger partial charge >= 0.3 is 0 Å². The Balaban J connectivity index is 2.13. The van der Waals surface area contributed by atoms with Crippen molar-refractivity contribution in [2.24, 2.45) is 5.73 Å². The molecule has 0 unspecified atom stereocenters. The molecule has 1 heterocycles. The highest BCUT2D eigenvalue weighted by molar-refractivity contribution is 7.91. The quantitative estimate of drug-likeness (QED) is 0.898. The molecule has 2 aromatic rings. The van der Waals surface area contributed by atoms with E-state index in [0.717, 1.165) is 5.69 Å². The molecule has 0 bridgehead atoms. The lowest BCUT2D eigenvalue weighted by atomic mass is 10.2. The van der Waals surface area contributed by atoms with Crippen LogP contribution in [-0.4, -0.2) is 18.7 Å². The third kappa shape index (κ3) is 3.07. The first-order chi connectivity index (χ1) is 9.56. The second-order valence-corrected chi connectivity index (χ2v) is 6.46. The fourth-order valence-electron chi connectivity index (χ4n) is 1.93. The molecule has 2 N–H and O–H groups in total. The number of aromatic nitrogens is 1. The summed E-state index contributed by atoms with van der Waals surface area (Å²) in [7, 11) is -3.36. The smallest absolute Gasteiger partial charge is 0.180 e. The number of nitrogens with zero attached hydrogens (tertiary/aromatic N) is 2. The Morgan fingerprint density at radius 2 is 1.90 bits per heavy atom. The molecule has 0 aliphatic carbocycles. The maximum Gasteiger partial charge on any atom is 0.180 e. The molecule has 20 heavy (non-hydrogen) atoms. The minimum atomic E-state index is -3.36. The molecule has 104 valence electrons. The van der Waals surface area contributed by atoms with Crippen molar-refractivity contribution in [2.75, 3.05) is 5.75 Å². The highest BCUT2D eigenvalue weighted by atomic mass is 32.2. The first kappa shape index (κ1) is 14.3. The van der Waals surface area contributed by atoms with Crippen molar-refractivity contribution >= 4 is 9.84 Å². The Morgan fingerprint density at radius 1 is 1.20 bits per heavy atom. The van der Waals surface area contributed by atoms with Crippen molar-refractivity contribution < 1.29 is 8.42 Å². The Morgan fingerprint density at radius 3 is 2.50 bits per heavy atom. The highest BCUT2D eigenvalue weighted by Crippen LogP contribution is 2.13.